The van der Waals surface area contributed by atoms with E-state index in [0.29, 0.717) is 49.9 Å². The van der Waals surface area contributed by atoms with Crippen molar-refractivity contribution in [1.29, 1.82) is 0 Å². The molecule has 2 amide bonds. The number of carbonyl (C=O) groups is 2. The van der Waals surface area contributed by atoms with Crippen LogP contribution in [0.2, 0.25) is 0 Å². The van der Waals surface area contributed by atoms with Gasteiger partial charge < -0.3 is 9.32 Å². The van der Waals surface area contributed by atoms with Gasteiger partial charge in [-0.15, -0.1) is 0 Å². The van der Waals surface area contributed by atoms with Crippen LogP contribution in [0.15, 0.2) is 65.1 Å². The van der Waals surface area contributed by atoms with Gasteiger partial charge in [-0.1, -0.05) is 30.3 Å². The lowest BCUT2D eigenvalue weighted by Crippen LogP contribution is -2.54. The molecule has 2 aromatic carbocycles. The second-order valence-corrected chi connectivity index (χ2v) is 9.06. The smallest absolute Gasteiger partial charge is 0.253 e. The molecule has 2 aliphatic heterocycles. The Morgan fingerprint density at radius 2 is 1.85 bits per heavy atom. The van der Waals surface area contributed by atoms with Gasteiger partial charge in [-0.05, 0) is 56.5 Å². The summed E-state index contributed by atoms with van der Waals surface area (Å²) < 4.78 is 19.7. The molecule has 1 spiro atoms. The van der Waals surface area contributed by atoms with Crippen molar-refractivity contribution in [2.24, 2.45) is 0 Å². The zero-order valence-corrected chi connectivity index (χ0v) is 19.1. The molecule has 0 radical (unpaired) electrons. The maximum atomic E-state index is 14.0. The van der Waals surface area contributed by atoms with Crippen LogP contribution in [0.1, 0.15) is 47.4 Å². The second kappa shape index (κ2) is 9.06. The molecule has 2 fully saturated rings. The zero-order valence-electron chi connectivity index (χ0n) is 19.1. The van der Waals surface area contributed by atoms with Crippen molar-refractivity contribution in [3.05, 3.63) is 83.4 Å². The highest BCUT2D eigenvalue weighted by atomic mass is 19.1. The number of rotatable bonds is 5. The summed E-state index contributed by atoms with van der Waals surface area (Å²) in [6.45, 7) is 2.94. The lowest BCUT2D eigenvalue weighted by Gasteiger charge is -2.43. The number of hydrogen-bond acceptors (Lipinski definition) is 4. The normalized spacial score (nSPS) is 17.5. The maximum Gasteiger partial charge on any atom is 0.253 e. The highest BCUT2D eigenvalue weighted by Crippen LogP contribution is 2.40. The molecular weight excluding hydrogens is 435 g/mol. The predicted molar refractivity (Wildman–Crippen MR) is 124 cm³/mol. The van der Waals surface area contributed by atoms with Gasteiger partial charge in [0.05, 0.1) is 5.54 Å². The summed E-state index contributed by atoms with van der Waals surface area (Å²) in [5, 5.41) is 1.46. The first-order valence-corrected chi connectivity index (χ1v) is 11.6. The number of benzene rings is 2. The number of aryl methyl sites for hydroxylation is 1. The van der Waals surface area contributed by atoms with Gasteiger partial charge in [-0.2, -0.15) is 0 Å². The van der Waals surface area contributed by atoms with Crippen molar-refractivity contribution in [3.63, 3.8) is 0 Å². The van der Waals surface area contributed by atoms with E-state index in [1.807, 2.05) is 48.2 Å². The van der Waals surface area contributed by atoms with E-state index in [0.717, 1.165) is 17.1 Å². The molecule has 0 unspecified atom stereocenters. The minimum absolute atomic E-state index is 0.00184. The Morgan fingerprint density at radius 3 is 2.59 bits per heavy atom. The Labute approximate surface area is 197 Å². The lowest BCUT2D eigenvalue weighted by molar-refractivity contribution is -0.222. The van der Waals surface area contributed by atoms with Gasteiger partial charge in [0.15, 0.2) is 0 Å². The first kappa shape index (κ1) is 22.3. The zero-order chi connectivity index (χ0) is 23.7. The first-order valence-electron chi connectivity index (χ1n) is 11.6. The fourth-order valence-corrected chi connectivity index (χ4v) is 4.92. The van der Waals surface area contributed by atoms with Gasteiger partial charge in [0.25, 0.3) is 5.91 Å². The fourth-order valence-electron chi connectivity index (χ4n) is 4.92. The van der Waals surface area contributed by atoms with Crippen LogP contribution in [0.3, 0.4) is 0 Å². The third-order valence-corrected chi connectivity index (χ3v) is 6.88. The van der Waals surface area contributed by atoms with Gasteiger partial charge in [-0.25, -0.2) is 9.45 Å². The van der Waals surface area contributed by atoms with Crippen molar-refractivity contribution in [1.82, 2.24) is 9.96 Å². The summed E-state index contributed by atoms with van der Waals surface area (Å²) in [7, 11) is 0. The molecule has 2 saturated heterocycles. The molecule has 6 nitrogen and oxygen atoms in total. The van der Waals surface area contributed by atoms with E-state index in [1.54, 1.807) is 18.2 Å². The van der Waals surface area contributed by atoms with Gasteiger partial charge in [0, 0.05) is 36.2 Å². The van der Waals surface area contributed by atoms with Crippen LogP contribution in [0.5, 0.6) is 0 Å². The van der Waals surface area contributed by atoms with Crippen molar-refractivity contribution in [2.75, 3.05) is 13.1 Å². The number of hydrogen-bond donors (Lipinski definition) is 0. The summed E-state index contributed by atoms with van der Waals surface area (Å²) in [5.74, 6) is 1.08. The van der Waals surface area contributed by atoms with Crippen molar-refractivity contribution in [3.8, 4) is 11.3 Å². The molecule has 0 atom stereocenters. The molecule has 0 saturated carbocycles. The molecule has 7 heteroatoms. The highest BCUT2D eigenvalue weighted by molar-refractivity contribution is 5.95. The molecule has 1 aromatic heterocycles. The maximum absolute atomic E-state index is 14.0. The number of carbonyl (C=O) groups excluding carboxylic acids is 2. The van der Waals surface area contributed by atoms with E-state index < -0.39 is 5.54 Å². The summed E-state index contributed by atoms with van der Waals surface area (Å²) in [6, 6.07) is 17.7. The highest BCUT2D eigenvalue weighted by Gasteiger charge is 2.48. The van der Waals surface area contributed by atoms with Crippen molar-refractivity contribution >= 4 is 11.8 Å². The van der Waals surface area contributed by atoms with Crippen LogP contribution in [0.25, 0.3) is 11.3 Å². The Balaban J connectivity index is 1.26. The molecule has 34 heavy (non-hydrogen) atoms. The van der Waals surface area contributed by atoms with E-state index in [1.165, 1.54) is 11.1 Å². The average Bonchev–Trinajstić information content (AvgIpc) is 3.42. The SMILES string of the molecule is Cc1ccc(-c2cccc(C(=O)N3CCC4(CCC(=O)N4OCc4ccccc4F)CC3)c2)o1. The van der Waals surface area contributed by atoms with Crippen LogP contribution < -0.4 is 0 Å². The number of amides is 2. The topological polar surface area (TPSA) is 63.0 Å². The Morgan fingerprint density at radius 1 is 1.06 bits per heavy atom. The molecule has 0 aliphatic carbocycles. The fraction of sp³-hybridized carbons (Fsp3) is 0.333. The summed E-state index contributed by atoms with van der Waals surface area (Å²) in [6.07, 6.45) is 2.33. The van der Waals surface area contributed by atoms with Gasteiger partial charge in [0.2, 0.25) is 5.91 Å². The molecular formula is C27H27FN2O4. The third-order valence-electron chi connectivity index (χ3n) is 6.88. The molecule has 0 bridgehead atoms. The molecule has 3 aromatic rings. The number of likely N-dealkylation sites (tertiary alicyclic amines) is 1. The van der Waals surface area contributed by atoms with Crippen molar-refractivity contribution in [2.45, 2.75) is 44.8 Å². The molecule has 176 valence electrons. The minimum atomic E-state index is -0.452. The third kappa shape index (κ3) is 4.23. The van der Waals surface area contributed by atoms with E-state index >= 15 is 0 Å². The monoisotopic (exact) mass is 462 g/mol. The molecule has 3 heterocycles. The van der Waals surface area contributed by atoms with Crippen molar-refractivity contribution < 1.29 is 23.2 Å². The van der Waals surface area contributed by atoms with Crippen LogP contribution in [-0.2, 0) is 16.2 Å². The largest absolute Gasteiger partial charge is 0.461 e. The standard InChI is InChI=1S/C27H27FN2O4/c1-19-9-10-24(34-19)20-6-4-7-21(17-20)26(32)29-15-13-27(14-16-29)12-11-25(31)30(27)33-18-22-5-2-3-8-23(22)28/h2-10,17H,11-16,18H2,1H3. The van der Waals surface area contributed by atoms with Crippen LogP contribution in [0.4, 0.5) is 4.39 Å². The quantitative estimate of drug-likeness (QED) is 0.528. The lowest BCUT2D eigenvalue weighted by atomic mass is 9.85. The van der Waals surface area contributed by atoms with Crippen LogP contribution >= 0.6 is 0 Å². The number of halogens is 1. The number of hydroxylamine groups is 2. The van der Waals surface area contributed by atoms with E-state index in [9.17, 15) is 14.0 Å². The minimum Gasteiger partial charge on any atom is -0.461 e. The molecule has 2 aliphatic rings. The van der Waals surface area contributed by atoms with E-state index in [2.05, 4.69) is 0 Å². The van der Waals surface area contributed by atoms with Crippen LogP contribution in [0, 0.1) is 12.7 Å². The Kier molecular flexibility index (Phi) is 5.96. The van der Waals surface area contributed by atoms with Gasteiger partial charge in [-0.3, -0.25) is 14.4 Å². The predicted octanol–water partition coefficient (Wildman–Crippen LogP) is 5.12. The number of piperidine rings is 1. The molecule has 0 N–H and O–H groups in total. The Hall–Kier alpha value is -3.45. The second-order valence-electron chi connectivity index (χ2n) is 9.06. The summed E-state index contributed by atoms with van der Waals surface area (Å²) >= 11 is 0. The summed E-state index contributed by atoms with van der Waals surface area (Å²) in [5.41, 5.74) is 1.43. The van der Waals surface area contributed by atoms with Gasteiger partial charge in [0.1, 0.15) is 23.9 Å². The van der Waals surface area contributed by atoms with E-state index in [-0.39, 0.29) is 24.2 Å². The van der Waals surface area contributed by atoms with Gasteiger partial charge >= 0.3 is 0 Å². The number of furan rings is 1. The first-order chi connectivity index (χ1) is 16.4. The molecule has 5 rings (SSSR count). The van der Waals surface area contributed by atoms with E-state index in [4.69, 9.17) is 9.25 Å². The number of nitrogens with zero attached hydrogens (tertiary/aromatic N) is 2. The average molecular weight is 463 g/mol. The summed E-state index contributed by atoms with van der Waals surface area (Å²) in [4.78, 5) is 33.5. The van der Waals surface area contributed by atoms with Crippen LogP contribution in [-0.4, -0.2) is 40.4 Å². The Bertz CT molecular complexity index is 1210.